The minimum Gasteiger partial charge on any atom is -0.226 e. The van der Waals surface area contributed by atoms with Crippen molar-refractivity contribution in [2.45, 2.75) is 31.3 Å². The molecule has 0 atom stereocenters. The summed E-state index contributed by atoms with van der Waals surface area (Å²) in [5, 5.41) is 4.38. The third kappa shape index (κ3) is 1.86. The molecule has 0 fully saturated rings. The highest BCUT2D eigenvalue weighted by Gasteiger charge is 2.20. The van der Waals surface area contributed by atoms with Crippen LogP contribution >= 0.6 is 11.8 Å². The smallest absolute Gasteiger partial charge is 0.226 e. The Kier molecular flexibility index (Phi) is 2.46. The lowest BCUT2D eigenvalue weighted by Gasteiger charge is -2.13. The highest BCUT2D eigenvalue weighted by atomic mass is 32.2. The van der Waals surface area contributed by atoms with E-state index in [4.69, 9.17) is 0 Å². The molecule has 0 aliphatic rings. The van der Waals surface area contributed by atoms with E-state index in [1.807, 2.05) is 23.0 Å². The Morgan fingerprint density at radius 1 is 1.40 bits per heavy atom. The number of rotatable bonds is 1. The van der Waals surface area contributed by atoms with Gasteiger partial charge in [-0.3, -0.25) is 0 Å². The van der Waals surface area contributed by atoms with Gasteiger partial charge in [-0.25, -0.2) is 5.10 Å². The van der Waals surface area contributed by atoms with Crippen molar-refractivity contribution in [2.24, 2.45) is 0 Å². The first-order valence-electron chi connectivity index (χ1n) is 4.96. The molecule has 0 amide bonds. The monoisotopic (exact) mass is 222 g/mol. The lowest BCUT2D eigenvalue weighted by atomic mass is 9.92. The molecule has 2 aromatic rings. The second-order valence-corrected chi connectivity index (χ2v) is 5.39. The van der Waals surface area contributed by atoms with Crippen LogP contribution in [-0.2, 0) is 5.41 Å². The average Bonchev–Trinajstić information content (AvgIpc) is 2.59. The molecular weight excluding hydrogens is 206 g/mol. The molecule has 2 rings (SSSR count). The summed E-state index contributed by atoms with van der Waals surface area (Å²) in [4.78, 5) is 4.32. The molecule has 0 aliphatic carbocycles. The van der Waals surface area contributed by atoms with Crippen LogP contribution in [0.25, 0.3) is 5.52 Å². The number of H-pyrrole nitrogens is 1. The van der Waals surface area contributed by atoms with E-state index in [2.05, 4.69) is 36.9 Å². The van der Waals surface area contributed by atoms with Gasteiger partial charge in [0, 0.05) is 17.5 Å². The minimum absolute atomic E-state index is 0.141. The normalized spacial score (nSPS) is 12.3. The van der Waals surface area contributed by atoms with Crippen LogP contribution in [0.2, 0.25) is 0 Å². The Labute approximate surface area is 93.9 Å². The van der Waals surface area contributed by atoms with Gasteiger partial charge in [-0.1, -0.05) is 20.8 Å². The van der Waals surface area contributed by atoms with E-state index < -0.39 is 0 Å². The van der Waals surface area contributed by atoms with E-state index >= 15 is 0 Å². The van der Waals surface area contributed by atoms with Gasteiger partial charge in [0.05, 0.1) is 5.69 Å². The van der Waals surface area contributed by atoms with Crippen LogP contribution in [-0.4, -0.2) is 16.3 Å². The van der Waals surface area contributed by atoms with Crippen LogP contribution in [0.3, 0.4) is 0 Å². The highest BCUT2D eigenvalue weighted by molar-refractivity contribution is 7.98. The van der Waals surface area contributed by atoms with Gasteiger partial charge in [-0.05, 0) is 23.0 Å². The lowest BCUT2D eigenvalue weighted by Crippen LogP contribution is -2.28. The maximum Gasteiger partial charge on any atom is 0.383 e. The van der Waals surface area contributed by atoms with Crippen molar-refractivity contribution >= 4 is 17.3 Å². The Balaban J connectivity index is 2.65. The molecule has 0 aliphatic heterocycles. The van der Waals surface area contributed by atoms with Crippen molar-refractivity contribution in [3.05, 3.63) is 24.0 Å². The number of hydrogen-bond acceptors (Lipinski definition) is 2. The van der Waals surface area contributed by atoms with E-state index in [-0.39, 0.29) is 5.41 Å². The number of aromatic nitrogens is 3. The summed E-state index contributed by atoms with van der Waals surface area (Å²) in [5.74, 6) is 0. The van der Waals surface area contributed by atoms with Gasteiger partial charge in [0.2, 0.25) is 0 Å². The topological polar surface area (TPSA) is 32.8 Å². The second-order valence-electron chi connectivity index (χ2n) is 4.61. The summed E-state index contributed by atoms with van der Waals surface area (Å²) >= 11 is 1.64. The summed E-state index contributed by atoms with van der Waals surface area (Å²) < 4.78 is 2.03. The van der Waals surface area contributed by atoms with Crippen molar-refractivity contribution in [1.29, 1.82) is 0 Å². The summed E-state index contributed by atoms with van der Waals surface area (Å²) in [5.41, 5.74) is 2.53. The van der Waals surface area contributed by atoms with Crippen LogP contribution in [0.1, 0.15) is 26.5 Å². The number of hydrogen-bond donors (Lipinski definition) is 1. The van der Waals surface area contributed by atoms with E-state index in [9.17, 15) is 0 Å². The van der Waals surface area contributed by atoms with Gasteiger partial charge in [0.1, 0.15) is 6.20 Å². The Hall–Kier alpha value is -1.03. The molecule has 0 saturated heterocycles. The highest BCUT2D eigenvalue weighted by Crippen LogP contribution is 2.20. The summed E-state index contributed by atoms with van der Waals surface area (Å²) in [6, 6.07) is 4.20. The molecule has 0 saturated carbocycles. The first-order valence-corrected chi connectivity index (χ1v) is 6.19. The molecule has 3 nitrogen and oxygen atoms in total. The number of thioether (sulfide) groups is 1. The van der Waals surface area contributed by atoms with Crippen molar-refractivity contribution < 1.29 is 4.52 Å². The number of nitrogens with zero attached hydrogens (tertiary/aromatic N) is 2. The summed E-state index contributed by atoms with van der Waals surface area (Å²) in [7, 11) is 0. The Morgan fingerprint density at radius 3 is 2.73 bits per heavy atom. The predicted octanol–water partition coefficient (Wildman–Crippen LogP) is 2.17. The Morgan fingerprint density at radius 2 is 2.13 bits per heavy atom. The third-order valence-electron chi connectivity index (χ3n) is 2.39. The summed E-state index contributed by atoms with van der Waals surface area (Å²) in [6.45, 7) is 6.60. The molecule has 0 radical (unpaired) electrons. The third-order valence-corrected chi connectivity index (χ3v) is 3.05. The second kappa shape index (κ2) is 3.52. The maximum absolute atomic E-state index is 4.32. The van der Waals surface area contributed by atoms with Gasteiger partial charge in [-0.2, -0.15) is 0 Å². The van der Waals surface area contributed by atoms with Crippen molar-refractivity contribution in [3.8, 4) is 0 Å². The van der Waals surface area contributed by atoms with Crippen LogP contribution in [0.5, 0.6) is 0 Å². The van der Waals surface area contributed by atoms with Gasteiger partial charge >= 0.3 is 5.16 Å². The first-order chi connectivity index (χ1) is 7.02. The standard InChI is InChI=1S/C11H15N3S/c1-11(2,3)9-7-8-5-6-12-10(15-4)14(8)13-9/h5-7H,1-4H3/p+1. The Bertz CT molecular complexity index is 482. The molecule has 1 N–H and O–H groups in total. The molecule has 0 aromatic carbocycles. The fourth-order valence-electron chi connectivity index (χ4n) is 1.47. The SMILES string of the molecule is CSc1nccc2cc(C(C)(C)C)[nH][n+]12. The van der Waals surface area contributed by atoms with Crippen molar-refractivity contribution in [3.63, 3.8) is 0 Å². The van der Waals surface area contributed by atoms with Crippen LogP contribution in [0.15, 0.2) is 23.5 Å². The largest absolute Gasteiger partial charge is 0.383 e. The van der Waals surface area contributed by atoms with Gasteiger partial charge in [0.15, 0.2) is 5.52 Å². The van der Waals surface area contributed by atoms with Gasteiger partial charge in [0.25, 0.3) is 0 Å². The summed E-state index contributed by atoms with van der Waals surface area (Å²) in [6.07, 6.45) is 3.88. The zero-order valence-corrected chi connectivity index (χ0v) is 10.4. The molecule has 80 valence electrons. The zero-order valence-electron chi connectivity index (χ0n) is 9.53. The van der Waals surface area contributed by atoms with E-state index in [1.54, 1.807) is 11.8 Å². The molecule has 4 heteroatoms. The van der Waals surface area contributed by atoms with Crippen molar-refractivity contribution in [1.82, 2.24) is 10.1 Å². The van der Waals surface area contributed by atoms with E-state index in [1.165, 1.54) is 11.2 Å². The zero-order chi connectivity index (χ0) is 11.1. The number of aromatic amines is 1. The van der Waals surface area contributed by atoms with E-state index in [0.717, 1.165) is 5.16 Å². The predicted molar refractivity (Wildman–Crippen MR) is 62.2 cm³/mol. The van der Waals surface area contributed by atoms with Gasteiger partial charge < -0.3 is 0 Å². The molecule has 0 unspecified atom stereocenters. The molecule has 0 spiro atoms. The fraction of sp³-hybridized carbons (Fsp3) is 0.455. The van der Waals surface area contributed by atoms with Crippen LogP contribution < -0.4 is 4.52 Å². The molecule has 0 bridgehead atoms. The van der Waals surface area contributed by atoms with Crippen LogP contribution in [0, 0.1) is 0 Å². The average molecular weight is 222 g/mol. The quantitative estimate of drug-likeness (QED) is 0.455. The minimum atomic E-state index is 0.141. The lowest BCUT2D eigenvalue weighted by molar-refractivity contribution is -0.622. The molecule has 2 aromatic heterocycles. The van der Waals surface area contributed by atoms with Crippen molar-refractivity contribution in [2.75, 3.05) is 6.26 Å². The molecule has 2 heterocycles. The molecular formula is C11H16N3S+. The molecule has 15 heavy (non-hydrogen) atoms. The van der Waals surface area contributed by atoms with Crippen LogP contribution in [0.4, 0.5) is 0 Å². The number of fused-ring (bicyclic) bond motifs is 1. The first kappa shape index (κ1) is 10.5. The van der Waals surface area contributed by atoms with Gasteiger partial charge in [-0.15, -0.1) is 4.52 Å². The van der Waals surface area contributed by atoms with E-state index in [0.29, 0.717) is 0 Å². The maximum atomic E-state index is 4.32. The number of nitrogens with one attached hydrogen (secondary N) is 1. The fourth-order valence-corrected chi connectivity index (χ4v) is 1.97.